The van der Waals surface area contributed by atoms with Gasteiger partial charge in [-0.3, -0.25) is 9.59 Å². The topological polar surface area (TPSA) is 49.4 Å². The van der Waals surface area contributed by atoms with Crippen molar-refractivity contribution in [3.8, 4) is 0 Å². The Labute approximate surface area is 185 Å². The molecule has 5 heteroatoms. The summed E-state index contributed by atoms with van der Waals surface area (Å²) in [6.45, 7) is 9.11. The van der Waals surface area contributed by atoms with Crippen LogP contribution < -0.4 is 5.32 Å². The minimum absolute atomic E-state index is 0.0373. The van der Waals surface area contributed by atoms with Gasteiger partial charge in [0.25, 0.3) is 0 Å². The molecule has 4 nitrogen and oxygen atoms in total. The van der Waals surface area contributed by atoms with Gasteiger partial charge in [0.1, 0.15) is 6.04 Å². The fourth-order valence-electron chi connectivity index (χ4n) is 3.40. The smallest absolute Gasteiger partial charge is 0.242 e. The molecule has 0 spiro atoms. The molecule has 0 saturated heterocycles. The van der Waals surface area contributed by atoms with Crippen molar-refractivity contribution in [1.82, 2.24) is 10.2 Å². The minimum atomic E-state index is -0.498. The van der Waals surface area contributed by atoms with Gasteiger partial charge >= 0.3 is 0 Å². The number of hydrogen-bond acceptors (Lipinski definition) is 2. The Morgan fingerprint density at radius 2 is 1.67 bits per heavy atom. The van der Waals surface area contributed by atoms with Gasteiger partial charge in [-0.05, 0) is 48.4 Å². The van der Waals surface area contributed by atoms with E-state index in [-0.39, 0.29) is 11.8 Å². The second kappa shape index (κ2) is 11.8. The van der Waals surface area contributed by atoms with Crippen molar-refractivity contribution in [3.05, 3.63) is 70.2 Å². The first-order valence-electron chi connectivity index (χ1n) is 10.7. The summed E-state index contributed by atoms with van der Waals surface area (Å²) >= 11 is 6.26. The molecule has 0 radical (unpaired) electrons. The molecule has 2 aromatic carbocycles. The van der Waals surface area contributed by atoms with Crippen LogP contribution in [0.25, 0.3) is 0 Å². The normalized spacial score (nSPS) is 11.9. The third kappa shape index (κ3) is 6.88. The minimum Gasteiger partial charge on any atom is -0.354 e. The first kappa shape index (κ1) is 23.9. The maximum absolute atomic E-state index is 13.3. The fraction of sp³-hybridized carbons (Fsp3) is 0.440. The Hall–Kier alpha value is -2.33. The van der Waals surface area contributed by atoms with Gasteiger partial charge < -0.3 is 10.2 Å². The molecule has 0 aliphatic rings. The van der Waals surface area contributed by atoms with Crippen molar-refractivity contribution in [3.63, 3.8) is 0 Å². The highest BCUT2D eigenvalue weighted by molar-refractivity contribution is 6.31. The fourth-order valence-corrected chi connectivity index (χ4v) is 3.63. The van der Waals surface area contributed by atoms with Gasteiger partial charge in [-0.2, -0.15) is 0 Å². The van der Waals surface area contributed by atoms with Crippen molar-refractivity contribution < 1.29 is 9.59 Å². The molecule has 1 N–H and O–H groups in total. The molecule has 0 aliphatic carbocycles. The number of aryl methyl sites for hydroxylation is 2. The quantitative estimate of drug-likeness (QED) is 0.568. The maximum Gasteiger partial charge on any atom is 0.242 e. The van der Waals surface area contributed by atoms with Crippen LogP contribution in [0.2, 0.25) is 5.02 Å². The zero-order valence-electron chi connectivity index (χ0n) is 18.5. The first-order chi connectivity index (χ1) is 14.3. The number of halogens is 1. The molecule has 2 rings (SSSR count). The molecule has 0 bridgehead atoms. The molecule has 162 valence electrons. The summed E-state index contributed by atoms with van der Waals surface area (Å²) in [6.07, 6.45) is 1.42. The van der Waals surface area contributed by atoms with Gasteiger partial charge in [0.15, 0.2) is 0 Å². The van der Waals surface area contributed by atoms with E-state index in [2.05, 4.69) is 19.2 Å². The zero-order chi connectivity index (χ0) is 22.1. The van der Waals surface area contributed by atoms with Crippen LogP contribution in [0.3, 0.4) is 0 Å². The molecule has 0 saturated carbocycles. The summed E-state index contributed by atoms with van der Waals surface area (Å²) in [5.41, 5.74) is 3.11. The predicted octanol–water partition coefficient (Wildman–Crippen LogP) is 5.16. The molecule has 2 aromatic rings. The van der Waals surface area contributed by atoms with E-state index in [1.54, 1.807) is 4.90 Å². The van der Waals surface area contributed by atoms with E-state index in [0.717, 1.165) is 16.7 Å². The molecule has 30 heavy (non-hydrogen) atoms. The van der Waals surface area contributed by atoms with Gasteiger partial charge in [0, 0.05) is 24.5 Å². The lowest BCUT2D eigenvalue weighted by atomic mass is 10.0. The van der Waals surface area contributed by atoms with Gasteiger partial charge in [-0.1, -0.05) is 74.8 Å². The molecular weight excluding hydrogens is 396 g/mol. The van der Waals surface area contributed by atoms with Gasteiger partial charge in [-0.15, -0.1) is 0 Å². The van der Waals surface area contributed by atoms with Crippen LogP contribution in [0.1, 0.15) is 50.3 Å². The van der Waals surface area contributed by atoms with E-state index in [4.69, 9.17) is 11.6 Å². The number of benzene rings is 2. The molecule has 1 atom stereocenters. The Morgan fingerprint density at radius 3 is 2.27 bits per heavy atom. The Kier molecular flexibility index (Phi) is 9.38. The van der Waals surface area contributed by atoms with E-state index in [1.165, 1.54) is 0 Å². The van der Waals surface area contributed by atoms with E-state index in [0.29, 0.717) is 43.3 Å². The highest BCUT2D eigenvalue weighted by Gasteiger charge is 2.28. The molecule has 1 unspecified atom stereocenters. The van der Waals surface area contributed by atoms with E-state index < -0.39 is 6.04 Å². The predicted molar refractivity (Wildman–Crippen MR) is 123 cm³/mol. The molecule has 0 heterocycles. The summed E-state index contributed by atoms with van der Waals surface area (Å²) in [7, 11) is 0. The number of carbonyl (C=O) groups excluding carboxylic acids is 2. The van der Waals surface area contributed by atoms with Crippen molar-refractivity contribution in [1.29, 1.82) is 0 Å². The Balaban J connectivity index is 2.22. The number of carbonyl (C=O) groups is 2. The average Bonchev–Trinajstić information content (AvgIpc) is 2.72. The second-order valence-electron chi connectivity index (χ2n) is 8.10. The van der Waals surface area contributed by atoms with E-state index >= 15 is 0 Å². The number of amides is 2. The summed E-state index contributed by atoms with van der Waals surface area (Å²) in [4.78, 5) is 27.9. The number of hydrogen-bond donors (Lipinski definition) is 1. The van der Waals surface area contributed by atoms with Crippen LogP contribution in [0.4, 0.5) is 0 Å². The van der Waals surface area contributed by atoms with E-state index in [9.17, 15) is 9.59 Å². The van der Waals surface area contributed by atoms with Crippen LogP contribution in [0.5, 0.6) is 0 Å². The van der Waals surface area contributed by atoms with Crippen LogP contribution in [0.15, 0.2) is 48.5 Å². The lowest BCUT2D eigenvalue weighted by Crippen LogP contribution is -2.49. The molecule has 0 aliphatic heterocycles. The van der Waals surface area contributed by atoms with Crippen molar-refractivity contribution in [2.75, 3.05) is 6.54 Å². The lowest BCUT2D eigenvalue weighted by molar-refractivity contribution is -0.141. The van der Waals surface area contributed by atoms with Crippen LogP contribution in [-0.2, 0) is 22.6 Å². The maximum atomic E-state index is 13.3. The molecule has 0 fully saturated rings. The summed E-state index contributed by atoms with van der Waals surface area (Å²) in [5, 5.41) is 3.66. The monoisotopic (exact) mass is 428 g/mol. The van der Waals surface area contributed by atoms with Crippen molar-refractivity contribution in [2.45, 2.75) is 59.5 Å². The summed E-state index contributed by atoms with van der Waals surface area (Å²) in [5.74, 6) is 0.225. The SMILES string of the molecule is CCC(C(=O)NCC(C)C)N(Cc1ccccc1C)C(=O)CCc1ccccc1Cl. The number of rotatable bonds is 10. The highest BCUT2D eigenvalue weighted by Crippen LogP contribution is 2.20. The zero-order valence-corrected chi connectivity index (χ0v) is 19.2. The molecule has 0 aromatic heterocycles. The standard InChI is InChI=1S/C25H33ClN2O2/c1-5-23(25(30)27-16-18(2)3)28(17-21-12-7-6-10-19(21)4)24(29)15-14-20-11-8-9-13-22(20)26/h6-13,18,23H,5,14-17H2,1-4H3,(H,27,30). The van der Waals surface area contributed by atoms with Crippen molar-refractivity contribution >= 4 is 23.4 Å². The van der Waals surface area contributed by atoms with Crippen LogP contribution in [-0.4, -0.2) is 29.3 Å². The van der Waals surface area contributed by atoms with Crippen LogP contribution in [0, 0.1) is 12.8 Å². The highest BCUT2D eigenvalue weighted by atomic mass is 35.5. The number of nitrogens with zero attached hydrogens (tertiary/aromatic N) is 1. The van der Waals surface area contributed by atoms with Crippen molar-refractivity contribution in [2.24, 2.45) is 5.92 Å². The van der Waals surface area contributed by atoms with Gasteiger partial charge in [0.05, 0.1) is 0 Å². The first-order valence-corrected chi connectivity index (χ1v) is 11.1. The largest absolute Gasteiger partial charge is 0.354 e. The number of nitrogens with one attached hydrogen (secondary N) is 1. The van der Waals surface area contributed by atoms with Crippen LogP contribution >= 0.6 is 11.6 Å². The molecule has 2 amide bonds. The summed E-state index contributed by atoms with van der Waals surface area (Å²) < 4.78 is 0. The Morgan fingerprint density at radius 1 is 1.03 bits per heavy atom. The summed E-state index contributed by atoms with van der Waals surface area (Å²) in [6, 6.07) is 15.1. The third-order valence-corrected chi connectivity index (χ3v) is 5.61. The van der Waals surface area contributed by atoms with Gasteiger partial charge in [-0.25, -0.2) is 0 Å². The molecular formula is C25H33ClN2O2. The van der Waals surface area contributed by atoms with E-state index in [1.807, 2.05) is 62.4 Å². The third-order valence-electron chi connectivity index (χ3n) is 5.24. The Bertz CT molecular complexity index is 851. The average molecular weight is 429 g/mol. The lowest BCUT2D eigenvalue weighted by Gasteiger charge is -2.31. The van der Waals surface area contributed by atoms with Gasteiger partial charge in [0.2, 0.25) is 11.8 Å². The second-order valence-corrected chi connectivity index (χ2v) is 8.51.